The molecule has 4 rings (SSSR count). The lowest BCUT2D eigenvalue weighted by Gasteiger charge is -2.37. The van der Waals surface area contributed by atoms with Gasteiger partial charge in [-0.25, -0.2) is 0 Å². The van der Waals surface area contributed by atoms with Crippen LogP contribution in [0.2, 0.25) is 0 Å². The van der Waals surface area contributed by atoms with E-state index in [-0.39, 0.29) is 17.5 Å². The van der Waals surface area contributed by atoms with Gasteiger partial charge in [0.25, 0.3) is 0 Å². The minimum atomic E-state index is -0.220. The lowest BCUT2D eigenvalue weighted by molar-refractivity contribution is -0.116. The van der Waals surface area contributed by atoms with E-state index in [1.807, 2.05) is 24.3 Å². The molecule has 0 aromatic heterocycles. The summed E-state index contributed by atoms with van der Waals surface area (Å²) in [5.41, 5.74) is 4.67. The number of hydrogen-bond donors (Lipinski definition) is 1. The summed E-state index contributed by atoms with van der Waals surface area (Å²) >= 11 is 0. The van der Waals surface area contributed by atoms with Gasteiger partial charge in [-0.05, 0) is 43.4 Å². The number of methoxy groups -OCH3 is 1. The molecule has 0 saturated carbocycles. The third kappa shape index (κ3) is 2.37. The molecule has 0 spiro atoms. The van der Waals surface area contributed by atoms with Crippen molar-refractivity contribution in [1.29, 1.82) is 0 Å². The molecule has 0 unspecified atom stereocenters. The largest absolute Gasteiger partial charge is 0.497 e. The summed E-state index contributed by atoms with van der Waals surface area (Å²) < 4.78 is 5.24. The highest BCUT2D eigenvalue weighted by Crippen LogP contribution is 2.45. The second-order valence-corrected chi connectivity index (χ2v) is 6.67. The highest BCUT2D eigenvalue weighted by Gasteiger charge is 2.39. The first-order valence-electron chi connectivity index (χ1n) is 8.62. The third-order valence-electron chi connectivity index (χ3n) is 5.24. The molecule has 24 heavy (non-hydrogen) atoms. The zero-order chi connectivity index (χ0) is 16.7. The van der Waals surface area contributed by atoms with Gasteiger partial charge in [0.1, 0.15) is 5.75 Å². The number of nitrogens with one attached hydrogen (secondary N) is 1. The van der Waals surface area contributed by atoms with Gasteiger partial charge in [0, 0.05) is 41.3 Å². The van der Waals surface area contributed by atoms with Gasteiger partial charge in [-0.15, -0.1) is 0 Å². The van der Waals surface area contributed by atoms with Crippen LogP contribution in [0.4, 0.5) is 0 Å². The van der Waals surface area contributed by atoms with Crippen molar-refractivity contribution in [3.05, 3.63) is 52.4 Å². The molecule has 2 aliphatic carbocycles. The van der Waals surface area contributed by atoms with E-state index in [2.05, 4.69) is 5.32 Å². The SMILES string of the molecule is COc1ccc(C2C3=C(CCCC3=O)NC3=C2C(=O)CCC3)cc1. The summed E-state index contributed by atoms with van der Waals surface area (Å²) in [5, 5.41) is 3.43. The highest BCUT2D eigenvalue weighted by atomic mass is 16.5. The summed E-state index contributed by atoms with van der Waals surface area (Å²) in [6.45, 7) is 0. The Balaban J connectivity index is 1.87. The van der Waals surface area contributed by atoms with Crippen molar-refractivity contribution in [3.8, 4) is 5.75 Å². The molecule has 0 bridgehead atoms. The van der Waals surface area contributed by atoms with E-state index in [9.17, 15) is 9.59 Å². The first-order chi connectivity index (χ1) is 11.7. The van der Waals surface area contributed by atoms with E-state index in [1.165, 1.54) is 0 Å². The summed E-state index contributed by atoms with van der Waals surface area (Å²) in [6, 6.07) is 7.76. The number of benzene rings is 1. The molecule has 0 fully saturated rings. The van der Waals surface area contributed by atoms with E-state index in [0.717, 1.165) is 59.5 Å². The molecule has 0 saturated heterocycles. The maximum absolute atomic E-state index is 12.7. The van der Waals surface area contributed by atoms with Crippen molar-refractivity contribution in [2.75, 3.05) is 7.11 Å². The topological polar surface area (TPSA) is 55.4 Å². The van der Waals surface area contributed by atoms with E-state index >= 15 is 0 Å². The molecule has 1 aromatic rings. The van der Waals surface area contributed by atoms with Gasteiger partial charge in [0.05, 0.1) is 7.11 Å². The van der Waals surface area contributed by atoms with Gasteiger partial charge in [0.2, 0.25) is 0 Å². The maximum Gasteiger partial charge on any atom is 0.161 e. The van der Waals surface area contributed by atoms with Gasteiger partial charge in [-0.2, -0.15) is 0 Å². The number of hydrogen-bond acceptors (Lipinski definition) is 4. The number of ether oxygens (including phenoxy) is 1. The second-order valence-electron chi connectivity index (χ2n) is 6.67. The van der Waals surface area contributed by atoms with Crippen LogP contribution < -0.4 is 10.1 Å². The molecule has 1 aliphatic heterocycles. The van der Waals surface area contributed by atoms with Crippen molar-refractivity contribution in [2.45, 2.75) is 44.4 Å². The highest BCUT2D eigenvalue weighted by molar-refractivity contribution is 6.06. The molecule has 1 aromatic carbocycles. The Hall–Kier alpha value is -2.36. The fraction of sp³-hybridized carbons (Fsp3) is 0.400. The Kier molecular flexibility index (Phi) is 3.75. The van der Waals surface area contributed by atoms with Crippen LogP contribution in [0, 0.1) is 0 Å². The van der Waals surface area contributed by atoms with Gasteiger partial charge in [-0.3, -0.25) is 9.59 Å². The zero-order valence-electron chi connectivity index (χ0n) is 13.9. The number of Topliss-reactive ketones (excluding diaryl/α,β-unsaturated/α-hetero) is 2. The molecule has 4 heteroatoms. The fourth-order valence-electron chi connectivity index (χ4n) is 4.11. The van der Waals surface area contributed by atoms with Crippen LogP contribution in [0.5, 0.6) is 5.75 Å². The van der Waals surface area contributed by atoms with Crippen molar-refractivity contribution >= 4 is 11.6 Å². The molecule has 0 amide bonds. The van der Waals surface area contributed by atoms with Gasteiger partial charge >= 0.3 is 0 Å². The Morgan fingerprint density at radius 2 is 1.42 bits per heavy atom. The number of ketones is 2. The average molecular weight is 323 g/mol. The van der Waals surface area contributed by atoms with Gasteiger partial charge < -0.3 is 10.1 Å². The normalized spacial score (nSPS) is 21.4. The summed E-state index contributed by atoms with van der Waals surface area (Å²) in [7, 11) is 1.64. The molecular formula is C20H21NO3. The summed E-state index contributed by atoms with van der Waals surface area (Å²) in [4.78, 5) is 25.3. The molecule has 0 atom stereocenters. The molecule has 0 radical (unpaired) electrons. The number of carbonyl (C=O) groups excluding carboxylic acids is 2. The molecular weight excluding hydrogens is 302 g/mol. The van der Waals surface area contributed by atoms with Crippen LogP contribution >= 0.6 is 0 Å². The Morgan fingerprint density at radius 1 is 0.875 bits per heavy atom. The average Bonchev–Trinajstić information content (AvgIpc) is 2.61. The third-order valence-corrected chi connectivity index (χ3v) is 5.24. The lowest BCUT2D eigenvalue weighted by Crippen LogP contribution is -2.36. The number of dihydropyridines is 1. The van der Waals surface area contributed by atoms with Gasteiger partial charge in [0.15, 0.2) is 11.6 Å². The molecule has 3 aliphatic rings. The fourth-order valence-corrected chi connectivity index (χ4v) is 4.11. The molecule has 1 heterocycles. The van der Waals surface area contributed by atoms with Crippen LogP contribution in [0.25, 0.3) is 0 Å². The van der Waals surface area contributed by atoms with E-state index in [1.54, 1.807) is 7.11 Å². The van der Waals surface area contributed by atoms with Crippen LogP contribution in [0.3, 0.4) is 0 Å². The van der Waals surface area contributed by atoms with Crippen molar-refractivity contribution in [2.24, 2.45) is 0 Å². The predicted octanol–water partition coefficient (Wildman–Crippen LogP) is 3.40. The van der Waals surface area contributed by atoms with Crippen LogP contribution in [-0.4, -0.2) is 18.7 Å². The van der Waals surface area contributed by atoms with E-state index < -0.39 is 0 Å². The molecule has 1 N–H and O–H groups in total. The monoisotopic (exact) mass is 323 g/mol. The lowest BCUT2D eigenvalue weighted by atomic mass is 9.71. The van der Waals surface area contributed by atoms with E-state index in [4.69, 9.17) is 4.74 Å². The van der Waals surface area contributed by atoms with Crippen LogP contribution in [-0.2, 0) is 9.59 Å². The minimum absolute atomic E-state index is 0.175. The van der Waals surface area contributed by atoms with Crippen LogP contribution in [0.15, 0.2) is 46.8 Å². The van der Waals surface area contributed by atoms with Crippen LogP contribution in [0.1, 0.15) is 50.0 Å². The van der Waals surface area contributed by atoms with Crippen molar-refractivity contribution < 1.29 is 14.3 Å². The number of rotatable bonds is 2. The first-order valence-corrected chi connectivity index (χ1v) is 8.62. The molecule has 4 nitrogen and oxygen atoms in total. The smallest absolute Gasteiger partial charge is 0.161 e. The number of carbonyl (C=O) groups is 2. The zero-order valence-corrected chi connectivity index (χ0v) is 13.9. The predicted molar refractivity (Wildman–Crippen MR) is 90.6 cm³/mol. The van der Waals surface area contributed by atoms with E-state index in [0.29, 0.717) is 12.8 Å². The molecule has 124 valence electrons. The van der Waals surface area contributed by atoms with Crippen molar-refractivity contribution in [1.82, 2.24) is 5.32 Å². The Labute approximate surface area is 141 Å². The summed E-state index contributed by atoms with van der Waals surface area (Å²) in [5.74, 6) is 0.910. The maximum atomic E-state index is 12.7. The van der Waals surface area contributed by atoms with Crippen molar-refractivity contribution in [3.63, 3.8) is 0 Å². The standard InChI is InChI=1S/C20H21NO3/c1-24-13-10-8-12(9-11-13)18-19-14(4-2-6-16(19)22)21-15-5-3-7-17(23)20(15)18/h8-11,18,21H,2-7H2,1H3. The Morgan fingerprint density at radius 3 is 1.92 bits per heavy atom. The quantitative estimate of drug-likeness (QED) is 0.906. The minimum Gasteiger partial charge on any atom is -0.497 e. The summed E-state index contributed by atoms with van der Waals surface area (Å²) in [6.07, 6.45) is 4.69. The number of allylic oxidation sites excluding steroid dienone is 4. The first kappa shape index (κ1) is 15.2. The second kappa shape index (κ2) is 5.93. The Bertz CT molecular complexity index is 729. The van der Waals surface area contributed by atoms with Gasteiger partial charge in [-0.1, -0.05) is 12.1 Å².